The zero-order chi connectivity index (χ0) is 11.7. The first-order valence-corrected chi connectivity index (χ1v) is 4.47. The summed E-state index contributed by atoms with van der Waals surface area (Å²) in [5.41, 5.74) is 5.88. The molecule has 0 radical (unpaired) electrons. The molecule has 1 aromatic heterocycles. The molecule has 0 aliphatic heterocycles. The Balaban J connectivity index is 2.53. The molecule has 0 fully saturated rings. The molecule has 1 atom stereocenters. The van der Waals surface area contributed by atoms with Gasteiger partial charge in [-0.3, -0.25) is 9.59 Å². The first kappa shape index (κ1) is 10.2. The molecule has 0 aliphatic carbocycles. The number of fused-ring (bicyclic) bond motifs is 1. The number of para-hydroxylation sites is 2. The number of amides is 1. The van der Waals surface area contributed by atoms with Gasteiger partial charge in [-0.2, -0.15) is 0 Å². The van der Waals surface area contributed by atoms with Crippen LogP contribution in [0.1, 0.15) is 11.8 Å². The molecule has 6 heteroatoms. The lowest BCUT2D eigenvalue weighted by molar-refractivity contribution is -0.142. The molecular formula is C10H8N2O4. The second-order valence-electron chi connectivity index (χ2n) is 3.19. The van der Waals surface area contributed by atoms with Crippen molar-refractivity contribution in [2.75, 3.05) is 0 Å². The van der Waals surface area contributed by atoms with Crippen LogP contribution in [0.2, 0.25) is 0 Å². The molecule has 3 N–H and O–H groups in total. The lowest BCUT2D eigenvalue weighted by atomic mass is 10.1. The highest BCUT2D eigenvalue weighted by Crippen LogP contribution is 2.21. The highest BCUT2D eigenvalue weighted by Gasteiger charge is 2.31. The van der Waals surface area contributed by atoms with E-state index < -0.39 is 17.8 Å². The molecule has 1 unspecified atom stereocenters. The van der Waals surface area contributed by atoms with Crippen molar-refractivity contribution < 1.29 is 19.1 Å². The molecule has 1 heterocycles. The summed E-state index contributed by atoms with van der Waals surface area (Å²) in [6.45, 7) is 0. The third-order valence-electron chi connectivity index (χ3n) is 2.09. The van der Waals surface area contributed by atoms with Crippen LogP contribution in [0.4, 0.5) is 0 Å². The predicted molar refractivity (Wildman–Crippen MR) is 53.6 cm³/mol. The second kappa shape index (κ2) is 3.65. The number of carbonyl (C=O) groups is 2. The first-order chi connectivity index (χ1) is 7.59. The van der Waals surface area contributed by atoms with Crippen molar-refractivity contribution in [1.82, 2.24) is 4.98 Å². The summed E-state index contributed by atoms with van der Waals surface area (Å²) in [5.74, 6) is -4.12. The fourth-order valence-corrected chi connectivity index (χ4v) is 1.36. The molecule has 1 aromatic carbocycles. The van der Waals surface area contributed by atoms with Gasteiger partial charge in [-0.05, 0) is 12.1 Å². The van der Waals surface area contributed by atoms with E-state index in [9.17, 15) is 9.59 Å². The average molecular weight is 220 g/mol. The van der Waals surface area contributed by atoms with Gasteiger partial charge in [-0.25, -0.2) is 4.98 Å². The highest BCUT2D eigenvalue weighted by atomic mass is 16.4. The van der Waals surface area contributed by atoms with Gasteiger partial charge in [0.15, 0.2) is 5.58 Å². The van der Waals surface area contributed by atoms with Crippen molar-refractivity contribution in [3.05, 3.63) is 30.2 Å². The summed E-state index contributed by atoms with van der Waals surface area (Å²) in [4.78, 5) is 25.7. The fourth-order valence-electron chi connectivity index (χ4n) is 1.36. The van der Waals surface area contributed by atoms with Gasteiger partial charge in [-0.1, -0.05) is 12.1 Å². The monoisotopic (exact) mass is 220 g/mol. The van der Waals surface area contributed by atoms with Crippen LogP contribution in [-0.4, -0.2) is 22.0 Å². The summed E-state index contributed by atoms with van der Waals surface area (Å²) < 4.78 is 5.16. The molecule has 0 saturated heterocycles. The van der Waals surface area contributed by atoms with Gasteiger partial charge in [0.1, 0.15) is 5.52 Å². The maximum Gasteiger partial charge on any atom is 0.325 e. The van der Waals surface area contributed by atoms with Crippen molar-refractivity contribution in [2.45, 2.75) is 5.92 Å². The number of carboxylic acids is 1. The van der Waals surface area contributed by atoms with Crippen LogP contribution in [0, 0.1) is 0 Å². The largest absolute Gasteiger partial charge is 0.480 e. The SMILES string of the molecule is NC(=O)C(C(=O)O)c1nc2ccccc2o1. The number of oxazole rings is 1. The Labute approximate surface area is 89.7 Å². The molecule has 0 spiro atoms. The van der Waals surface area contributed by atoms with E-state index in [1.54, 1.807) is 24.3 Å². The number of hydrogen-bond acceptors (Lipinski definition) is 4. The van der Waals surface area contributed by atoms with Gasteiger partial charge < -0.3 is 15.3 Å². The van der Waals surface area contributed by atoms with Crippen molar-refractivity contribution >= 4 is 23.0 Å². The number of nitrogens with zero attached hydrogens (tertiary/aromatic N) is 1. The Hall–Kier alpha value is -2.37. The Kier molecular flexibility index (Phi) is 2.32. The normalized spacial score (nSPS) is 12.5. The Morgan fingerprint density at radius 1 is 1.38 bits per heavy atom. The summed E-state index contributed by atoms with van der Waals surface area (Å²) in [6, 6.07) is 6.74. The van der Waals surface area contributed by atoms with Gasteiger partial charge in [0.05, 0.1) is 0 Å². The van der Waals surface area contributed by atoms with Crippen molar-refractivity contribution in [1.29, 1.82) is 0 Å². The molecular weight excluding hydrogens is 212 g/mol. The van der Waals surface area contributed by atoms with Crippen LogP contribution in [0.25, 0.3) is 11.1 Å². The molecule has 16 heavy (non-hydrogen) atoms. The third kappa shape index (κ3) is 1.60. The number of primary amides is 1. The number of carbonyl (C=O) groups excluding carboxylic acids is 1. The molecule has 1 amide bonds. The number of rotatable bonds is 3. The molecule has 2 aromatic rings. The van der Waals surface area contributed by atoms with Crippen molar-refractivity contribution in [2.24, 2.45) is 5.73 Å². The van der Waals surface area contributed by atoms with E-state index in [0.717, 1.165) is 0 Å². The van der Waals surface area contributed by atoms with Gasteiger partial charge in [-0.15, -0.1) is 0 Å². The van der Waals surface area contributed by atoms with Crippen molar-refractivity contribution in [3.63, 3.8) is 0 Å². The van der Waals surface area contributed by atoms with Gasteiger partial charge in [0.25, 0.3) is 0 Å². The number of carboxylic acid groups (broad SMARTS) is 1. The maximum absolute atomic E-state index is 11.0. The van der Waals surface area contributed by atoms with Crippen LogP contribution >= 0.6 is 0 Å². The topological polar surface area (TPSA) is 106 Å². The van der Waals surface area contributed by atoms with E-state index in [2.05, 4.69) is 4.98 Å². The minimum Gasteiger partial charge on any atom is -0.480 e. The summed E-state index contributed by atoms with van der Waals surface area (Å²) in [6.07, 6.45) is 0. The summed E-state index contributed by atoms with van der Waals surface area (Å²) >= 11 is 0. The standard InChI is InChI=1S/C10H8N2O4/c11-8(13)7(10(14)15)9-12-5-3-1-2-4-6(5)16-9/h1-4,7H,(H2,11,13)(H,14,15). The smallest absolute Gasteiger partial charge is 0.325 e. The van der Waals surface area contributed by atoms with E-state index in [1.807, 2.05) is 0 Å². The van der Waals surface area contributed by atoms with Crippen LogP contribution in [0.15, 0.2) is 28.7 Å². The minimum absolute atomic E-state index is 0.193. The lowest BCUT2D eigenvalue weighted by Gasteiger charge is -2.01. The summed E-state index contributed by atoms with van der Waals surface area (Å²) in [7, 11) is 0. The van der Waals surface area contributed by atoms with Crippen LogP contribution in [0.3, 0.4) is 0 Å². The van der Waals surface area contributed by atoms with E-state index in [1.165, 1.54) is 0 Å². The molecule has 0 saturated carbocycles. The van der Waals surface area contributed by atoms with E-state index >= 15 is 0 Å². The van der Waals surface area contributed by atoms with Crippen LogP contribution in [-0.2, 0) is 9.59 Å². The quantitative estimate of drug-likeness (QED) is 0.731. The van der Waals surface area contributed by atoms with Gasteiger partial charge >= 0.3 is 5.97 Å². The third-order valence-corrected chi connectivity index (χ3v) is 2.09. The number of benzene rings is 1. The highest BCUT2D eigenvalue weighted by molar-refractivity contribution is 6.01. The number of hydrogen-bond donors (Lipinski definition) is 2. The van der Waals surface area contributed by atoms with E-state index in [4.69, 9.17) is 15.3 Å². The molecule has 6 nitrogen and oxygen atoms in total. The second-order valence-corrected chi connectivity index (χ2v) is 3.19. The molecule has 0 aliphatic rings. The number of nitrogens with two attached hydrogens (primary N) is 1. The predicted octanol–water partition coefficient (Wildman–Crippen LogP) is 0.481. The molecule has 0 bridgehead atoms. The van der Waals surface area contributed by atoms with Crippen LogP contribution < -0.4 is 5.73 Å². The van der Waals surface area contributed by atoms with E-state index in [-0.39, 0.29) is 5.89 Å². The number of aliphatic carboxylic acids is 1. The first-order valence-electron chi connectivity index (χ1n) is 4.47. The zero-order valence-electron chi connectivity index (χ0n) is 8.08. The lowest BCUT2D eigenvalue weighted by Crippen LogP contribution is -2.28. The molecule has 82 valence electrons. The summed E-state index contributed by atoms with van der Waals surface area (Å²) in [5, 5.41) is 8.82. The maximum atomic E-state index is 11.0. The minimum atomic E-state index is -1.55. The Bertz CT molecular complexity index is 514. The van der Waals surface area contributed by atoms with Crippen LogP contribution in [0.5, 0.6) is 0 Å². The van der Waals surface area contributed by atoms with E-state index in [0.29, 0.717) is 11.1 Å². The zero-order valence-corrected chi connectivity index (χ0v) is 8.08. The number of aromatic nitrogens is 1. The Morgan fingerprint density at radius 3 is 2.62 bits per heavy atom. The fraction of sp³-hybridized carbons (Fsp3) is 0.100. The Morgan fingerprint density at radius 2 is 2.06 bits per heavy atom. The average Bonchev–Trinajstić information content (AvgIpc) is 2.58. The van der Waals surface area contributed by atoms with Gasteiger partial charge in [0.2, 0.25) is 17.7 Å². The molecule has 2 rings (SSSR count). The van der Waals surface area contributed by atoms with Gasteiger partial charge in [0, 0.05) is 0 Å². The van der Waals surface area contributed by atoms with Crippen molar-refractivity contribution in [3.8, 4) is 0 Å².